The molecule has 46 heavy (non-hydrogen) atoms. The third kappa shape index (κ3) is 17.7. The van der Waals surface area contributed by atoms with Gasteiger partial charge in [-0.05, 0) is 74.0 Å². The van der Waals surface area contributed by atoms with Crippen LogP contribution in [-0.4, -0.2) is 65.4 Å². The van der Waals surface area contributed by atoms with Crippen molar-refractivity contribution in [3.05, 3.63) is 49.1 Å². The third-order valence-electron chi connectivity index (χ3n) is 7.81. The van der Waals surface area contributed by atoms with Crippen LogP contribution in [0.4, 0.5) is 0 Å². The number of carbonyl (C=O) groups excluding carboxylic acids is 2. The molecule has 0 spiro atoms. The lowest BCUT2D eigenvalue weighted by atomic mass is 9.76. The highest BCUT2D eigenvalue weighted by Gasteiger charge is 2.24. The van der Waals surface area contributed by atoms with Crippen LogP contribution in [0.3, 0.4) is 0 Å². The fraction of sp³-hybridized carbons (Fsp3) is 0.625. The average molecular weight is 676 g/mol. The summed E-state index contributed by atoms with van der Waals surface area (Å²) in [5.41, 5.74) is 2.24. The molecule has 2 rings (SSSR count). The van der Waals surface area contributed by atoms with Gasteiger partial charge < -0.3 is 30.4 Å². The van der Waals surface area contributed by atoms with E-state index in [2.05, 4.69) is 81.7 Å². The highest BCUT2D eigenvalue weighted by Crippen LogP contribution is 2.16. The highest BCUT2D eigenvalue weighted by atomic mass is 32.1. The van der Waals surface area contributed by atoms with Crippen molar-refractivity contribution in [1.82, 2.24) is 10.6 Å². The molecule has 14 heteroatoms. The molecule has 2 aromatic heterocycles. The van der Waals surface area contributed by atoms with E-state index >= 15 is 0 Å². The smallest absolute Gasteiger partial charge is 0.429 e. The second kappa shape index (κ2) is 25.0. The summed E-state index contributed by atoms with van der Waals surface area (Å²) in [6.45, 7) is 1.62. The van der Waals surface area contributed by atoms with Gasteiger partial charge in [0.15, 0.2) is 24.8 Å². The van der Waals surface area contributed by atoms with Crippen LogP contribution >= 0.6 is 25.3 Å². The number of aryl methyl sites for hydroxylation is 2. The molecule has 0 aromatic carbocycles. The van der Waals surface area contributed by atoms with Gasteiger partial charge in [0, 0.05) is 49.9 Å². The lowest BCUT2D eigenvalue weighted by Gasteiger charge is -2.18. The maximum Gasteiger partial charge on any atom is 0.486 e. The van der Waals surface area contributed by atoms with E-state index in [-0.39, 0.29) is 11.8 Å². The van der Waals surface area contributed by atoms with Crippen LogP contribution in [0.5, 0.6) is 0 Å². The molecular weight excluding hydrogens is 622 g/mol. The molecule has 1 radical (unpaired) electrons. The van der Waals surface area contributed by atoms with Gasteiger partial charge >= 0.3 is 14.8 Å². The Kier molecular flexibility index (Phi) is 21.8. The van der Waals surface area contributed by atoms with E-state index in [9.17, 15) is 19.6 Å². The van der Waals surface area contributed by atoms with Gasteiger partial charge in [0.2, 0.25) is 11.8 Å². The van der Waals surface area contributed by atoms with Gasteiger partial charge in [0.1, 0.15) is 19.3 Å². The van der Waals surface area contributed by atoms with Crippen LogP contribution in [0.15, 0.2) is 49.1 Å². The Morgan fingerprint density at radius 2 is 1.20 bits per heavy atom. The van der Waals surface area contributed by atoms with Gasteiger partial charge in [0.05, 0.1) is 5.94 Å². The van der Waals surface area contributed by atoms with Crippen molar-refractivity contribution in [3.63, 3.8) is 0 Å². The minimum atomic E-state index is -1.57. The quantitative estimate of drug-likeness (QED) is 0.0270. The third-order valence-corrected chi connectivity index (χ3v) is 8.44. The zero-order chi connectivity index (χ0) is 33.4. The van der Waals surface area contributed by atoms with Crippen LogP contribution < -0.4 is 19.8 Å². The molecule has 2 amide bonds. The molecule has 0 aliphatic rings. The maximum atomic E-state index is 12.1. The van der Waals surface area contributed by atoms with Crippen molar-refractivity contribution in [2.75, 3.05) is 11.5 Å². The molecule has 0 bridgehead atoms. The van der Waals surface area contributed by atoms with Crippen molar-refractivity contribution in [2.24, 2.45) is 0 Å². The summed E-state index contributed by atoms with van der Waals surface area (Å²) >= 11 is 8.36. The molecule has 2 atom stereocenters. The van der Waals surface area contributed by atoms with Crippen molar-refractivity contribution in [2.45, 2.75) is 115 Å². The molecule has 0 aliphatic carbocycles. The first-order valence-electron chi connectivity index (χ1n) is 16.6. The number of carbonyl (C=O) groups is 2. The molecular formula is C32H53B2N4O6S2+2. The second-order valence-electron chi connectivity index (χ2n) is 11.6. The molecule has 0 saturated carbocycles. The standard InChI is InChI=1S/C32H51B2N4O6S2/c39-30(12-3-1-9-25-45)35-29(34(42)43)11-5-7-19-37-21-15-27(16-22-37)28-17-23-38(24-18-28)20-8-6-14-32(44-33-41)36-31(40)13-4-2-10-26-46/h15-18,21-24,29,32,41-43H,1-14,19-20,25-26H2,(H2-2,35,36,39,40,45,46)/p+2. The summed E-state index contributed by atoms with van der Waals surface area (Å²) in [4.78, 5) is 24.3. The van der Waals surface area contributed by atoms with Crippen molar-refractivity contribution in [1.29, 1.82) is 0 Å². The van der Waals surface area contributed by atoms with Gasteiger partial charge in [-0.1, -0.05) is 12.8 Å². The Morgan fingerprint density at radius 1 is 0.717 bits per heavy atom. The van der Waals surface area contributed by atoms with Crippen molar-refractivity contribution < 1.29 is 38.4 Å². The summed E-state index contributed by atoms with van der Waals surface area (Å²) < 4.78 is 9.42. The predicted octanol–water partition coefficient (Wildman–Crippen LogP) is 2.73. The Morgan fingerprint density at radius 3 is 1.65 bits per heavy atom. The molecule has 2 unspecified atom stereocenters. The predicted molar refractivity (Wildman–Crippen MR) is 188 cm³/mol. The number of pyridine rings is 2. The van der Waals surface area contributed by atoms with Crippen LogP contribution in [0.1, 0.15) is 89.9 Å². The first-order chi connectivity index (χ1) is 22.4. The summed E-state index contributed by atoms with van der Waals surface area (Å²) in [5, 5.41) is 34.1. The van der Waals surface area contributed by atoms with Gasteiger partial charge in [-0.25, -0.2) is 9.13 Å². The number of nitrogens with zero attached hydrogens (tertiary/aromatic N) is 2. The Balaban J connectivity index is 1.70. The van der Waals surface area contributed by atoms with E-state index in [1.165, 1.54) is 0 Å². The Bertz CT molecular complexity index is 1100. The number of hydrogen-bond donors (Lipinski definition) is 7. The summed E-state index contributed by atoms with van der Waals surface area (Å²) in [6, 6.07) is 8.35. The Labute approximate surface area is 287 Å². The maximum absolute atomic E-state index is 12.1. The number of unbranched alkanes of at least 4 members (excludes halogenated alkanes) is 6. The Hall–Kier alpha value is -2.09. The minimum absolute atomic E-state index is 0.0666. The zero-order valence-electron chi connectivity index (χ0n) is 27.0. The van der Waals surface area contributed by atoms with Crippen molar-refractivity contribution >= 4 is 51.9 Å². The van der Waals surface area contributed by atoms with Crippen LogP contribution in [0.25, 0.3) is 11.1 Å². The van der Waals surface area contributed by atoms with E-state index in [0.29, 0.717) is 33.4 Å². The van der Waals surface area contributed by atoms with Gasteiger partial charge in [-0.2, -0.15) is 25.3 Å². The molecule has 2 aromatic rings. The molecule has 0 saturated heterocycles. The van der Waals surface area contributed by atoms with Gasteiger partial charge in [0.25, 0.3) is 0 Å². The number of nitrogens with one attached hydrogen (secondary N) is 2. The zero-order valence-corrected chi connectivity index (χ0v) is 28.8. The van der Waals surface area contributed by atoms with Crippen molar-refractivity contribution in [3.8, 4) is 11.1 Å². The molecule has 0 aliphatic heterocycles. The summed E-state index contributed by atoms with van der Waals surface area (Å²) in [6.07, 6.45) is 18.4. The molecule has 2 heterocycles. The number of aromatic nitrogens is 2. The van der Waals surface area contributed by atoms with E-state index < -0.39 is 19.3 Å². The minimum Gasteiger partial charge on any atom is -0.429 e. The number of hydrogen-bond acceptors (Lipinski definition) is 8. The SMILES string of the molecule is O=C(CCCCCS)NC(CCCC[n+]1ccc(-c2cc[n+](CCCCC(NC(=O)CCCCCS)B(O)O)cc2)cc1)O[B]O. The topological polar surface area (TPSA) is 136 Å². The number of amides is 2. The summed E-state index contributed by atoms with van der Waals surface area (Å²) in [7, 11) is -0.930. The highest BCUT2D eigenvalue weighted by molar-refractivity contribution is 7.80. The van der Waals surface area contributed by atoms with E-state index in [0.717, 1.165) is 99.9 Å². The first kappa shape index (κ1) is 40.1. The number of rotatable bonds is 26. The van der Waals surface area contributed by atoms with E-state index in [1.807, 2.05) is 12.4 Å². The summed E-state index contributed by atoms with van der Waals surface area (Å²) in [5.74, 6) is 0.769. The van der Waals surface area contributed by atoms with Crippen LogP contribution in [0.2, 0.25) is 0 Å². The van der Waals surface area contributed by atoms with E-state index in [1.54, 1.807) is 0 Å². The fourth-order valence-corrected chi connectivity index (χ4v) is 5.55. The van der Waals surface area contributed by atoms with Crippen LogP contribution in [-0.2, 0) is 27.3 Å². The fourth-order valence-electron chi connectivity index (χ4n) is 5.10. The molecule has 10 nitrogen and oxygen atoms in total. The normalized spacial score (nSPS) is 12.4. The van der Waals surface area contributed by atoms with Gasteiger partial charge in [-0.3, -0.25) is 9.59 Å². The lowest BCUT2D eigenvalue weighted by Crippen LogP contribution is -2.46. The van der Waals surface area contributed by atoms with Gasteiger partial charge in [-0.15, -0.1) is 0 Å². The molecule has 0 fully saturated rings. The largest absolute Gasteiger partial charge is 0.486 e. The molecule has 5 N–H and O–H groups in total. The average Bonchev–Trinajstić information content (AvgIpc) is 3.05. The monoisotopic (exact) mass is 675 g/mol. The lowest BCUT2D eigenvalue weighted by molar-refractivity contribution is -0.697. The molecule has 253 valence electrons. The first-order valence-corrected chi connectivity index (χ1v) is 17.9. The number of thiol groups is 2. The van der Waals surface area contributed by atoms with E-state index in [4.69, 9.17) is 9.68 Å². The van der Waals surface area contributed by atoms with Crippen LogP contribution in [0, 0.1) is 0 Å². The second-order valence-corrected chi connectivity index (χ2v) is 12.5.